The molecule has 8 heavy (non-hydrogen) atoms. The van der Waals surface area contributed by atoms with Gasteiger partial charge in [0.25, 0.3) is 0 Å². The lowest BCUT2D eigenvalue weighted by molar-refractivity contribution is 0.375. The second-order valence-electron chi connectivity index (χ2n) is 2.88. The molecular weight excluding hydrogens is 96.1 g/mol. The summed E-state index contributed by atoms with van der Waals surface area (Å²) in [5.74, 6) is 2.91. The van der Waals surface area contributed by atoms with Crippen molar-refractivity contribution in [1.82, 2.24) is 0 Å². The van der Waals surface area contributed by atoms with E-state index >= 15 is 0 Å². The molecule has 0 bridgehead atoms. The van der Waals surface area contributed by atoms with E-state index in [-0.39, 0.29) is 11.3 Å². The number of terminal acetylenes is 1. The number of hydrogen-bond donors (Lipinski definition) is 0. The Morgan fingerprint density at radius 2 is 2.00 bits per heavy atom. The van der Waals surface area contributed by atoms with Crippen LogP contribution in [0.5, 0.6) is 0 Å². The van der Waals surface area contributed by atoms with Crippen molar-refractivity contribution in [3.8, 4) is 12.3 Å². The highest BCUT2D eigenvalue weighted by Crippen LogP contribution is 2.23. The largest absolute Gasteiger partial charge is 0.120 e. The van der Waals surface area contributed by atoms with Gasteiger partial charge in [0.15, 0.2) is 0 Å². The first kappa shape index (κ1) is 7.56. The van der Waals surface area contributed by atoms with Crippen LogP contribution in [-0.2, 0) is 0 Å². The van der Waals surface area contributed by atoms with Crippen LogP contribution < -0.4 is 0 Å². The van der Waals surface area contributed by atoms with Crippen LogP contribution in [0.15, 0.2) is 0 Å². The van der Waals surface area contributed by atoms with Crippen molar-refractivity contribution in [3.63, 3.8) is 0 Å². The maximum Gasteiger partial charge on any atom is 0.0223 e. The lowest BCUT2D eigenvalue weighted by atomic mass is 9.83. The van der Waals surface area contributed by atoms with Crippen molar-refractivity contribution in [2.24, 2.45) is 11.3 Å². The van der Waals surface area contributed by atoms with Gasteiger partial charge in [0.05, 0.1) is 0 Å². The molecule has 0 heteroatoms. The van der Waals surface area contributed by atoms with E-state index in [2.05, 4.69) is 12.8 Å². The Morgan fingerprint density at radius 3 is 2.00 bits per heavy atom. The standard InChI is InChI=1S/C8H13/c1-6-7(2)8(3,4)5/h1,7H,3H2,2,4-5H3. The number of rotatable bonds is 1. The van der Waals surface area contributed by atoms with E-state index in [9.17, 15) is 0 Å². The molecule has 0 nitrogen and oxygen atoms in total. The molecular formula is C8H13. The van der Waals surface area contributed by atoms with E-state index in [1.54, 1.807) is 0 Å². The molecule has 0 saturated carbocycles. The van der Waals surface area contributed by atoms with Gasteiger partial charge in [-0.1, -0.05) is 20.8 Å². The van der Waals surface area contributed by atoms with Gasteiger partial charge in [0.2, 0.25) is 0 Å². The molecule has 0 aliphatic rings. The third kappa shape index (κ3) is 2.02. The van der Waals surface area contributed by atoms with Crippen LogP contribution in [0.3, 0.4) is 0 Å². The van der Waals surface area contributed by atoms with Crippen molar-refractivity contribution in [1.29, 1.82) is 0 Å². The molecule has 0 rings (SSSR count). The Bertz CT molecular complexity index is 98.2. The maximum atomic E-state index is 5.17. The first-order valence-corrected chi connectivity index (χ1v) is 2.80. The maximum absolute atomic E-state index is 5.17. The lowest BCUT2D eigenvalue weighted by Crippen LogP contribution is -2.15. The Morgan fingerprint density at radius 1 is 1.62 bits per heavy atom. The molecule has 0 aliphatic carbocycles. The molecule has 0 aromatic carbocycles. The van der Waals surface area contributed by atoms with Crippen LogP contribution in [-0.4, -0.2) is 0 Å². The molecule has 0 fully saturated rings. The summed E-state index contributed by atoms with van der Waals surface area (Å²) in [5.41, 5.74) is 0.0226. The summed E-state index contributed by atoms with van der Waals surface area (Å²) in [4.78, 5) is 0. The van der Waals surface area contributed by atoms with E-state index in [1.807, 2.05) is 20.8 Å². The predicted molar refractivity (Wildman–Crippen MR) is 37.1 cm³/mol. The van der Waals surface area contributed by atoms with Crippen LogP contribution in [0.4, 0.5) is 0 Å². The Hall–Kier alpha value is -0.440. The van der Waals surface area contributed by atoms with Gasteiger partial charge in [-0.15, -0.1) is 12.3 Å². The smallest absolute Gasteiger partial charge is 0.0223 e. The fourth-order valence-corrected chi connectivity index (χ4v) is 0.226. The zero-order valence-electron chi connectivity index (χ0n) is 5.86. The third-order valence-electron chi connectivity index (χ3n) is 1.42. The molecule has 0 aromatic rings. The SMILES string of the molecule is C#CC(C)C([CH2])(C)C. The fraction of sp³-hybridized carbons (Fsp3) is 0.625. The van der Waals surface area contributed by atoms with E-state index in [4.69, 9.17) is 6.42 Å². The molecule has 0 amide bonds. The minimum absolute atomic E-state index is 0.0226. The highest BCUT2D eigenvalue weighted by atomic mass is 14.2. The van der Waals surface area contributed by atoms with Gasteiger partial charge in [-0.25, -0.2) is 0 Å². The zero-order chi connectivity index (χ0) is 6.78. The first-order chi connectivity index (χ1) is 3.48. The van der Waals surface area contributed by atoms with E-state index < -0.39 is 0 Å². The molecule has 1 atom stereocenters. The van der Waals surface area contributed by atoms with Gasteiger partial charge < -0.3 is 0 Å². The summed E-state index contributed by atoms with van der Waals surface area (Å²) in [6.07, 6.45) is 5.17. The summed E-state index contributed by atoms with van der Waals surface area (Å²) in [6, 6.07) is 0. The molecule has 0 N–H and O–H groups in total. The van der Waals surface area contributed by atoms with Crippen molar-refractivity contribution >= 4 is 0 Å². The Kier molecular flexibility index (Phi) is 2.10. The second kappa shape index (κ2) is 2.22. The van der Waals surface area contributed by atoms with Crippen molar-refractivity contribution in [2.45, 2.75) is 20.8 Å². The molecule has 45 valence electrons. The Labute approximate surface area is 52.3 Å². The summed E-state index contributed by atoms with van der Waals surface area (Å²) in [5, 5.41) is 0. The van der Waals surface area contributed by atoms with Gasteiger partial charge in [0.1, 0.15) is 0 Å². The van der Waals surface area contributed by atoms with Crippen LogP contribution in [0, 0.1) is 30.6 Å². The molecule has 1 radical (unpaired) electrons. The first-order valence-electron chi connectivity index (χ1n) is 2.80. The van der Waals surface area contributed by atoms with Crippen molar-refractivity contribution < 1.29 is 0 Å². The van der Waals surface area contributed by atoms with Crippen LogP contribution in [0.25, 0.3) is 0 Å². The number of hydrogen-bond acceptors (Lipinski definition) is 0. The topological polar surface area (TPSA) is 0 Å². The van der Waals surface area contributed by atoms with Crippen LogP contribution in [0.2, 0.25) is 0 Å². The fourth-order valence-electron chi connectivity index (χ4n) is 0.226. The predicted octanol–water partition coefficient (Wildman–Crippen LogP) is 2.12. The van der Waals surface area contributed by atoms with Gasteiger partial charge in [-0.05, 0) is 12.3 Å². The average Bonchev–Trinajstić information content (AvgIpc) is 1.62. The average molecular weight is 109 g/mol. The van der Waals surface area contributed by atoms with Gasteiger partial charge in [-0.3, -0.25) is 0 Å². The molecule has 0 aromatic heterocycles. The highest BCUT2D eigenvalue weighted by molar-refractivity contribution is 4.98. The van der Waals surface area contributed by atoms with E-state index in [0.717, 1.165) is 0 Å². The van der Waals surface area contributed by atoms with Gasteiger partial charge >= 0.3 is 0 Å². The molecule has 1 unspecified atom stereocenters. The van der Waals surface area contributed by atoms with Crippen LogP contribution in [0.1, 0.15) is 20.8 Å². The minimum atomic E-state index is 0.0226. The van der Waals surface area contributed by atoms with Crippen LogP contribution >= 0.6 is 0 Å². The van der Waals surface area contributed by atoms with Crippen molar-refractivity contribution in [3.05, 3.63) is 6.92 Å². The Balaban J connectivity index is 3.87. The minimum Gasteiger partial charge on any atom is -0.120 e. The normalized spacial score (nSPS) is 14.9. The quantitative estimate of drug-likeness (QED) is 0.452. The zero-order valence-corrected chi connectivity index (χ0v) is 5.86. The second-order valence-corrected chi connectivity index (χ2v) is 2.88. The molecule has 0 heterocycles. The molecule has 0 saturated heterocycles. The molecule has 0 spiro atoms. The highest BCUT2D eigenvalue weighted by Gasteiger charge is 2.16. The van der Waals surface area contributed by atoms with Gasteiger partial charge in [-0.2, -0.15) is 0 Å². The lowest BCUT2D eigenvalue weighted by Gasteiger charge is -2.21. The van der Waals surface area contributed by atoms with E-state index in [1.165, 1.54) is 0 Å². The van der Waals surface area contributed by atoms with Crippen molar-refractivity contribution in [2.75, 3.05) is 0 Å². The third-order valence-corrected chi connectivity index (χ3v) is 1.42. The van der Waals surface area contributed by atoms with Gasteiger partial charge in [0, 0.05) is 5.92 Å². The summed E-state index contributed by atoms with van der Waals surface area (Å²) in [7, 11) is 0. The monoisotopic (exact) mass is 109 g/mol. The summed E-state index contributed by atoms with van der Waals surface area (Å²) in [6.45, 7) is 9.98. The molecule has 0 aliphatic heterocycles. The summed E-state index contributed by atoms with van der Waals surface area (Å²) < 4.78 is 0. The van der Waals surface area contributed by atoms with E-state index in [0.29, 0.717) is 0 Å². The summed E-state index contributed by atoms with van der Waals surface area (Å²) >= 11 is 0.